The van der Waals surface area contributed by atoms with Gasteiger partial charge >= 0.3 is 0 Å². The summed E-state index contributed by atoms with van der Waals surface area (Å²) in [6.07, 6.45) is 3.25. The van der Waals surface area contributed by atoms with Crippen molar-refractivity contribution >= 4 is 23.4 Å². The second-order valence-electron chi connectivity index (χ2n) is 8.37. The number of methoxy groups -OCH3 is 2. The molecule has 2 aliphatic heterocycles. The normalized spacial score (nSPS) is 19.2. The standard InChI is InChI=1S/C25H29ClN2O4/c1-31-20-9-10-21(23(16-20)32-2)22-4-3-13-28(22)25(30)18-11-14-27(15-12-18)24(29)17-5-7-19(26)8-6-17/h5-10,16,18,22H,3-4,11-15H2,1-2H3. The average molecular weight is 457 g/mol. The van der Waals surface area contributed by atoms with E-state index in [0.29, 0.717) is 36.5 Å². The van der Waals surface area contributed by atoms with Gasteiger partial charge in [-0.3, -0.25) is 9.59 Å². The molecule has 1 unspecified atom stereocenters. The minimum atomic E-state index is -0.0610. The van der Waals surface area contributed by atoms with Crippen LogP contribution in [0.2, 0.25) is 5.02 Å². The summed E-state index contributed by atoms with van der Waals surface area (Å²) in [4.78, 5) is 30.0. The van der Waals surface area contributed by atoms with Gasteiger partial charge in [0.25, 0.3) is 5.91 Å². The molecule has 0 saturated carbocycles. The van der Waals surface area contributed by atoms with E-state index in [1.807, 2.05) is 28.0 Å². The van der Waals surface area contributed by atoms with Gasteiger partial charge < -0.3 is 19.3 Å². The van der Waals surface area contributed by atoms with Crippen LogP contribution in [0, 0.1) is 5.92 Å². The highest BCUT2D eigenvalue weighted by Crippen LogP contribution is 2.40. The quantitative estimate of drug-likeness (QED) is 0.661. The molecule has 0 radical (unpaired) electrons. The molecule has 2 aliphatic rings. The minimum absolute atomic E-state index is 0.00501. The van der Waals surface area contributed by atoms with E-state index in [-0.39, 0.29) is 23.8 Å². The molecule has 32 heavy (non-hydrogen) atoms. The maximum atomic E-state index is 13.4. The fourth-order valence-electron chi connectivity index (χ4n) is 4.79. The third-order valence-corrected chi connectivity index (χ3v) is 6.81. The summed E-state index contributed by atoms with van der Waals surface area (Å²) < 4.78 is 10.9. The van der Waals surface area contributed by atoms with E-state index in [9.17, 15) is 9.59 Å². The van der Waals surface area contributed by atoms with Crippen molar-refractivity contribution in [2.45, 2.75) is 31.7 Å². The van der Waals surface area contributed by atoms with E-state index < -0.39 is 0 Å². The number of ether oxygens (including phenoxy) is 2. The van der Waals surface area contributed by atoms with Gasteiger partial charge in [0, 0.05) is 47.8 Å². The molecule has 2 saturated heterocycles. The number of likely N-dealkylation sites (tertiary alicyclic amines) is 2. The van der Waals surface area contributed by atoms with Gasteiger partial charge in [-0.15, -0.1) is 0 Å². The van der Waals surface area contributed by atoms with Crippen LogP contribution >= 0.6 is 11.6 Å². The molecule has 2 amide bonds. The summed E-state index contributed by atoms with van der Waals surface area (Å²) >= 11 is 5.93. The van der Waals surface area contributed by atoms with Crippen LogP contribution in [0.3, 0.4) is 0 Å². The van der Waals surface area contributed by atoms with E-state index in [1.54, 1.807) is 38.5 Å². The molecule has 2 aromatic carbocycles. The van der Waals surface area contributed by atoms with Crippen molar-refractivity contribution in [1.82, 2.24) is 9.80 Å². The number of benzene rings is 2. The van der Waals surface area contributed by atoms with Crippen LogP contribution in [0.4, 0.5) is 0 Å². The van der Waals surface area contributed by atoms with Crippen molar-refractivity contribution in [1.29, 1.82) is 0 Å². The first kappa shape index (κ1) is 22.5. The van der Waals surface area contributed by atoms with Crippen molar-refractivity contribution < 1.29 is 19.1 Å². The lowest BCUT2D eigenvalue weighted by Gasteiger charge is -2.35. The molecule has 4 rings (SSSR count). The lowest BCUT2D eigenvalue weighted by Crippen LogP contribution is -2.44. The van der Waals surface area contributed by atoms with Gasteiger partial charge in [0.2, 0.25) is 5.91 Å². The molecule has 0 spiro atoms. The molecule has 0 bridgehead atoms. The first-order chi connectivity index (χ1) is 15.5. The molecule has 2 heterocycles. The predicted molar refractivity (Wildman–Crippen MR) is 123 cm³/mol. The Balaban J connectivity index is 1.41. The van der Waals surface area contributed by atoms with Gasteiger partial charge in [0.05, 0.1) is 20.3 Å². The molecule has 0 aliphatic carbocycles. The Morgan fingerprint density at radius 1 is 0.938 bits per heavy atom. The van der Waals surface area contributed by atoms with Crippen LogP contribution in [0.1, 0.15) is 47.6 Å². The SMILES string of the molecule is COc1ccc(C2CCCN2C(=O)C2CCN(C(=O)c3ccc(Cl)cc3)CC2)c(OC)c1. The number of halogens is 1. The molecule has 2 fully saturated rings. The Labute approximate surface area is 194 Å². The predicted octanol–water partition coefficient (Wildman–Crippen LogP) is 4.57. The monoisotopic (exact) mass is 456 g/mol. The van der Waals surface area contributed by atoms with Gasteiger partial charge in [0.1, 0.15) is 11.5 Å². The molecular weight excluding hydrogens is 428 g/mol. The number of hydrogen-bond donors (Lipinski definition) is 0. The van der Waals surface area contributed by atoms with Crippen molar-refractivity contribution in [3.63, 3.8) is 0 Å². The van der Waals surface area contributed by atoms with Gasteiger partial charge in [-0.2, -0.15) is 0 Å². The van der Waals surface area contributed by atoms with E-state index in [0.717, 1.165) is 36.4 Å². The summed E-state index contributed by atoms with van der Waals surface area (Å²) in [7, 11) is 3.27. The van der Waals surface area contributed by atoms with Crippen molar-refractivity contribution in [3.8, 4) is 11.5 Å². The van der Waals surface area contributed by atoms with E-state index in [4.69, 9.17) is 21.1 Å². The maximum Gasteiger partial charge on any atom is 0.253 e. The van der Waals surface area contributed by atoms with E-state index in [2.05, 4.69) is 0 Å². The third kappa shape index (κ3) is 4.56. The largest absolute Gasteiger partial charge is 0.497 e. The van der Waals surface area contributed by atoms with Crippen molar-refractivity contribution in [2.75, 3.05) is 33.9 Å². The number of nitrogens with zero attached hydrogens (tertiary/aromatic N) is 2. The summed E-state index contributed by atoms with van der Waals surface area (Å²) in [5, 5.41) is 0.611. The second-order valence-corrected chi connectivity index (χ2v) is 8.81. The Morgan fingerprint density at radius 2 is 1.66 bits per heavy atom. The first-order valence-corrected chi connectivity index (χ1v) is 11.5. The summed E-state index contributed by atoms with van der Waals surface area (Å²) in [5.74, 6) is 1.60. The molecule has 0 aromatic heterocycles. The molecule has 1 atom stereocenters. The number of carbonyl (C=O) groups excluding carboxylic acids is 2. The number of amides is 2. The fourth-order valence-corrected chi connectivity index (χ4v) is 4.91. The van der Waals surface area contributed by atoms with Crippen LogP contribution in [-0.4, -0.2) is 55.5 Å². The van der Waals surface area contributed by atoms with E-state index >= 15 is 0 Å². The Morgan fingerprint density at radius 3 is 2.31 bits per heavy atom. The zero-order valence-corrected chi connectivity index (χ0v) is 19.3. The molecule has 7 heteroatoms. The molecular formula is C25H29ClN2O4. The van der Waals surface area contributed by atoms with Crippen molar-refractivity contribution in [2.24, 2.45) is 5.92 Å². The lowest BCUT2D eigenvalue weighted by atomic mass is 9.93. The third-order valence-electron chi connectivity index (χ3n) is 6.56. The molecule has 170 valence electrons. The number of piperidine rings is 1. The Bertz CT molecular complexity index is 970. The van der Waals surface area contributed by atoms with Gasteiger partial charge in [-0.1, -0.05) is 11.6 Å². The van der Waals surface area contributed by atoms with Crippen LogP contribution in [-0.2, 0) is 4.79 Å². The minimum Gasteiger partial charge on any atom is -0.497 e. The zero-order chi connectivity index (χ0) is 22.7. The highest BCUT2D eigenvalue weighted by molar-refractivity contribution is 6.30. The lowest BCUT2D eigenvalue weighted by molar-refractivity contribution is -0.137. The fraction of sp³-hybridized carbons (Fsp3) is 0.440. The second kappa shape index (κ2) is 9.82. The summed E-state index contributed by atoms with van der Waals surface area (Å²) in [6, 6.07) is 12.8. The van der Waals surface area contributed by atoms with Gasteiger partial charge in [0.15, 0.2) is 0 Å². The van der Waals surface area contributed by atoms with Gasteiger partial charge in [-0.05, 0) is 62.1 Å². The smallest absolute Gasteiger partial charge is 0.253 e. The van der Waals surface area contributed by atoms with Crippen LogP contribution < -0.4 is 9.47 Å². The molecule has 0 N–H and O–H groups in total. The number of rotatable bonds is 5. The van der Waals surface area contributed by atoms with Crippen LogP contribution in [0.5, 0.6) is 11.5 Å². The average Bonchev–Trinajstić information content (AvgIpc) is 3.33. The number of hydrogen-bond acceptors (Lipinski definition) is 4. The first-order valence-electron chi connectivity index (χ1n) is 11.1. The Hall–Kier alpha value is -2.73. The molecule has 2 aromatic rings. The number of carbonyl (C=O) groups is 2. The van der Waals surface area contributed by atoms with Crippen molar-refractivity contribution in [3.05, 3.63) is 58.6 Å². The summed E-state index contributed by atoms with van der Waals surface area (Å²) in [5.41, 5.74) is 1.65. The maximum absolute atomic E-state index is 13.4. The molecule has 6 nitrogen and oxygen atoms in total. The Kier molecular flexibility index (Phi) is 6.89. The summed E-state index contributed by atoms with van der Waals surface area (Å²) in [6.45, 7) is 1.92. The topological polar surface area (TPSA) is 59.1 Å². The van der Waals surface area contributed by atoms with E-state index in [1.165, 1.54) is 0 Å². The zero-order valence-electron chi connectivity index (χ0n) is 18.6. The van der Waals surface area contributed by atoms with Crippen LogP contribution in [0.25, 0.3) is 0 Å². The van der Waals surface area contributed by atoms with Gasteiger partial charge in [-0.25, -0.2) is 0 Å². The highest BCUT2D eigenvalue weighted by Gasteiger charge is 2.37. The van der Waals surface area contributed by atoms with Crippen LogP contribution in [0.15, 0.2) is 42.5 Å². The highest BCUT2D eigenvalue weighted by atomic mass is 35.5.